The van der Waals surface area contributed by atoms with Gasteiger partial charge in [-0.15, -0.1) is 0 Å². The van der Waals surface area contributed by atoms with Crippen molar-refractivity contribution < 1.29 is 8.42 Å². The molecule has 126 valence electrons. The van der Waals surface area contributed by atoms with Crippen molar-refractivity contribution in [2.75, 3.05) is 30.3 Å². The fourth-order valence-electron chi connectivity index (χ4n) is 1.91. The smallest absolute Gasteiger partial charge is 0.259 e. The van der Waals surface area contributed by atoms with E-state index in [1.54, 1.807) is 24.6 Å². The highest BCUT2D eigenvalue weighted by Crippen LogP contribution is 2.10. The van der Waals surface area contributed by atoms with Gasteiger partial charge in [0.15, 0.2) is 5.03 Å². The molecule has 0 fully saturated rings. The first-order valence-corrected chi connectivity index (χ1v) is 8.70. The number of nitrogens with zero attached hydrogens (tertiary/aromatic N) is 4. The fourth-order valence-corrected chi connectivity index (χ4v) is 2.92. The minimum Gasteiger partial charge on any atom is -0.370 e. The van der Waals surface area contributed by atoms with Crippen LogP contribution in [0.1, 0.15) is 12.7 Å². The van der Waals surface area contributed by atoms with Crippen LogP contribution in [0.4, 0.5) is 11.6 Å². The van der Waals surface area contributed by atoms with Gasteiger partial charge in [-0.1, -0.05) is 0 Å². The van der Waals surface area contributed by atoms with E-state index in [1.807, 2.05) is 6.92 Å². The summed E-state index contributed by atoms with van der Waals surface area (Å²) in [5.41, 5.74) is 0. The number of aryl methyl sites for hydroxylation is 2. The summed E-state index contributed by atoms with van der Waals surface area (Å²) in [4.78, 5) is 12.3. The lowest BCUT2D eigenvalue weighted by atomic mass is 10.4. The number of anilines is 2. The third-order valence-corrected chi connectivity index (χ3v) is 4.22. The van der Waals surface area contributed by atoms with Crippen LogP contribution in [-0.4, -0.2) is 47.6 Å². The van der Waals surface area contributed by atoms with Gasteiger partial charge in [-0.2, -0.15) is 0 Å². The normalized spacial score (nSPS) is 11.4. The first kappa shape index (κ1) is 17.2. The molecule has 23 heavy (non-hydrogen) atoms. The Hall–Kier alpha value is -2.20. The first-order valence-electron chi connectivity index (χ1n) is 7.22. The third kappa shape index (κ3) is 4.89. The van der Waals surface area contributed by atoms with Gasteiger partial charge >= 0.3 is 0 Å². The topological polar surface area (TPSA) is 114 Å². The van der Waals surface area contributed by atoms with Gasteiger partial charge in [0, 0.05) is 38.9 Å². The van der Waals surface area contributed by atoms with Crippen LogP contribution in [0.15, 0.2) is 23.6 Å². The molecule has 0 aliphatic heterocycles. The molecule has 10 heteroatoms. The van der Waals surface area contributed by atoms with Crippen LogP contribution in [0, 0.1) is 6.92 Å². The highest BCUT2D eigenvalue weighted by Gasteiger charge is 2.15. The van der Waals surface area contributed by atoms with E-state index in [2.05, 4.69) is 30.3 Å². The molecule has 0 aliphatic rings. The van der Waals surface area contributed by atoms with Gasteiger partial charge in [0.25, 0.3) is 10.0 Å². The molecule has 2 aromatic heterocycles. The number of hydrogen-bond acceptors (Lipinski definition) is 7. The first-order chi connectivity index (χ1) is 10.9. The average molecular weight is 339 g/mol. The van der Waals surface area contributed by atoms with Crippen molar-refractivity contribution >= 4 is 21.7 Å². The van der Waals surface area contributed by atoms with E-state index in [0.717, 1.165) is 12.4 Å². The van der Waals surface area contributed by atoms with Crippen molar-refractivity contribution in [3.05, 3.63) is 24.4 Å². The van der Waals surface area contributed by atoms with Crippen molar-refractivity contribution in [3.63, 3.8) is 0 Å². The number of sulfonamides is 1. The maximum atomic E-state index is 12.0. The molecule has 3 N–H and O–H groups in total. The van der Waals surface area contributed by atoms with Gasteiger partial charge in [0.1, 0.15) is 17.5 Å². The molecule has 2 aromatic rings. The molecule has 0 atom stereocenters. The molecule has 9 nitrogen and oxygen atoms in total. The van der Waals surface area contributed by atoms with Crippen LogP contribution in [0.2, 0.25) is 0 Å². The molecule has 0 bridgehead atoms. The molecule has 2 rings (SSSR count). The molecule has 0 saturated carbocycles. The van der Waals surface area contributed by atoms with Crippen LogP contribution in [0.5, 0.6) is 0 Å². The summed E-state index contributed by atoms with van der Waals surface area (Å²) in [6, 6.07) is 1.78. The lowest BCUT2D eigenvalue weighted by Crippen LogP contribution is -2.29. The summed E-state index contributed by atoms with van der Waals surface area (Å²) in [6.07, 6.45) is 2.89. The number of hydrogen-bond donors (Lipinski definition) is 3. The van der Waals surface area contributed by atoms with Gasteiger partial charge in [0.05, 0.1) is 6.33 Å². The zero-order chi connectivity index (χ0) is 16.9. The highest BCUT2D eigenvalue weighted by atomic mass is 32.2. The van der Waals surface area contributed by atoms with Crippen molar-refractivity contribution in [2.45, 2.75) is 18.9 Å². The second kappa shape index (κ2) is 7.38. The molecular weight excluding hydrogens is 318 g/mol. The molecule has 0 radical (unpaired) electrons. The van der Waals surface area contributed by atoms with E-state index in [9.17, 15) is 8.42 Å². The van der Waals surface area contributed by atoms with Gasteiger partial charge in [-0.25, -0.2) is 28.1 Å². The average Bonchev–Trinajstić information content (AvgIpc) is 2.91. The van der Waals surface area contributed by atoms with Crippen molar-refractivity contribution in [2.24, 2.45) is 7.05 Å². The van der Waals surface area contributed by atoms with E-state index in [-0.39, 0.29) is 11.6 Å². The van der Waals surface area contributed by atoms with E-state index in [0.29, 0.717) is 18.2 Å². The zero-order valence-corrected chi connectivity index (χ0v) is 14.2. The molecule has 0 amide bonds. The van der Waals surface area contributed by atoms with Crippen molar-refractivity contribution in [1.82, 2.24) is 24.2 Å². The molecule has 0 aromatic carbocycles. The van der Waals surface area contributed by atoms with Crippen LogP contribution in [-0.2, 0) is 17.1 Å². The Morgan fingerprint density at radius 3 is 2.48 bits per heavy atom. The molecule has 0 saturated heterocycles. The molecule has 0 spiro atoms. The highest BCUT2D eigenvalue weighted by molar-refractivity contribution is 7.89. The summed E-state index contributed by atoms with van der Waals surface area (Å²) in [5, 5.41) is 6.19. The number of nitrogens with one attached hydrogen (secondary N) is 3. The Balaban J connectivity index is 1.88. The summed E-state index contributed by atoms with van der Waals surface area (Å²) >= 11 is 0. The Morgan fingerprint density at radius 1 is 1.17 bits per heavy atom. The van der Waals surface area contributed by atoms with Crippen LogP contribution in [0.3, 0.4) is 0 Å². The second-order valence-corrected chi connectivity index (χ2v) is 6.63. The zero-order valence-electron chi connectivity index (χ0n) is 13.4. The Labute approximate surface area is 135 Å². The van der Waals surface area contributed by atoms with Gasteiger partial charge in [0.2, 0.25) is 0 Å². The molecule has 2 heterocycles. The van der Waals surface area contributed by atoms with Gasteiger partial charge in [-0.3, -0.25) is 0 Å². The van der Waals surface area contributed by atoms with Gasteiger partial charge < -0.3 is 15.2 Å². The van der Waals surface area contributed by atoms with Crippen LogP contribution < -0.4 is 15.4 Å². The van der Waals surface area contributed by atoms with E-state index < -0.39 is 10.0 Å². The predicted molar refractivity (Wildman–Crippen MR) is 87.8 cm³/mol. The quantitative estimate of drug-likeness (QED) is 0.594. The lowest BCUT2D eigenvalue weighted by Gasteiger charge is -2.09. The largest absolute Gasteiger partial charge is 0.370 e. The molecule has 0 unspecified atom stereocenters. The number of aromatic nitrogens is 4. The monoisotopic (exact) mass is 339 g/mol. The fraction of sp³-hybridized carbons (Fsp3) is 0.462. The van der Waals surface area contributed by atoms with E-state index >= 15 is 0 Å². The molecule has 0 aliphatic carbocycles. The van der Waals surface area contributed by atoms with Crippen molar-refractivity contribution in [3.8, 4) is 0 Å². The van der Waals surface area contributed by atoms with Crippen LogP contribution >= 0.6 is 0 Å². The van der Waals surface area contributed by atoms with Crippen LogP contribution in [0.25, 0.3) is 0 Å². The van der Waals surface area contributed by atoms with E-state index in [1.165, 1.54) is 12.5 Å². The van der Waals surface area contributed by atoms with Crippen molar-refractivity contribution in [1.29, 1.82) is 0 Å². The van der Waals surface area contributed by atoms with E-state index in [4.69, 9.17) is 0 Å². The summed E-state index contributed by atoms with van der Waals surface area (Å²) in [6.45, 7) is 5.17. The third-order valence-electron chi connectivity index (χ3n) is 2.88. The SMILES string of the molecule is CCNc1cc(NCCNS(=O)(=O)c2cn(C)cn2)nc(C)n1. The number of imidazole rings is 1. The van der Waals surface area contributed by atoms with Gasteiger partial charge in [-0.05, 0) is 13.8 Å². The second-order valence-electron chi connectivity index (χ2n) is 4.92. The maximum Gasteiger partial charge on any atom is 0.259 e. The summed E-state index contributed by atoms with van der Waals surface area (Å²) in [5.74, 6) is 2.02. The minimum absolute atomic E-state index is 0.00677. The molecular formula is C13H21N7O2S. The Bertz CT molecular complexity index is 757. The predicted octanol–water partition coefficient (Wildman–Crippen LogP) is 0.341. The lowest BCUT2D eigenvalue weighted by molar-refractivity contribution is 0.579. The minimum atomic E-state index is -3.59. The Kier molecular flexibility index (Phi) is 5.50. The maximum absolute atomic E-state index is 12.0. The summed E-state index contributed by atoms with van der Waals surface area (Å²) < 4.78 is 28.1. The summed E-state index contributed by atoms with van der Waals surface area (Å²) in [7, 11) is -1.87. The standard InChI is InChI=1S/C13H21N7O2S/c1-4-14-11-7-12(19-10(2)18-11)15-5-6-17-23(21,22)13-8-20(3)9-16-13/h7-9,17H,4-6H2,1-3H3,(H2,14,15,18,19). The Morgan fingerprint density at radius 2 is 1.87 bits per heavy atom. The number of rotatable bonds is 8.